The van der Waals surface area contributed by atoms with Gasteiger partial charge < -0.3 is 5.11 Å². The Balaban J connectivity index is 4.47. The van der Waals surface area contributed by atoms with Crippen LogP contribution in [-0.2, 0) is 4.79 Å². The molecule has 0 heterocycles. The number of carboxylic acids is 1. The maximum Gasteiger partial charge on any atom is 0.323 e. The van der Waals surface area contributed by atoms with Crippen molar-refractivity contribution in [3.8, 4) is 0 Å². The molecule has 0 aliphatic rings. The molecule has 3 nitrogen and oxygen atoms in total. The quantitative estimate of drug-likeness (QED) is 0.691. The maximum atomic E-state index is 11.1. The van der Waals surface area contributed by atoms with Crippen molar-refractivity contribution in [1.82, 2.24) is 4.90 Å². The van der Waals surface area contributed by atoms with Crippen LogP contribution in [0.5, 0.6) is 0 Å². The van der Waals surface area contributed by atoms with E-state index in [1.165, 1.54) is 0 Å². The van der Waals surface area contributed by atoms with Crippen molar-refractivity contribution in [2.24, 2.45) is 0 Å². The average molecular weight is 187 g/mol. The second kappa shape index (κ2) is 5.22. The molecule has 78 valence electrons. The highest BCUT2D eigenvalue weighted by Gasteiger charge is 2.35. The highest BCUT2D eigenvalue weighted by atomic mass is 16.4. The van der Waals surface area contributed by atoms with Crippen LogP contribution in [0.25, 0.3) is 0 Å². The number of hydrogen-bond acceptors (Lipinski definition) is 2. The van der Waals surface area contributed by atoms with Gasteiger partial charge in [0.1, 0.15) is 5.54 Å². The highest BCUT2D eigenvalue weighted by Crippen LogP contribution is 2.20. The molecule has 3 heteroatoms. The van der Waals surface area contributed by atoms with Gasteiger partial charge in [0.15, 0.2) is 0 Å². The first-order chi connectivity index (χ1) is 5.99. The molecule has 0 spiro atoms. The Bertz CT molecular complexity index is 170. The lowest BCUT2D eigenvalue weighted by molar-refractivity contribution is -0.150. The predicted octanol–water partition coefficient (Wildman–Crippen LogP) is 1.97. The third-order valence-corrected chi connectivity index (χ3v) is 2.60. The molecule has 0 radical (unpaired) electrons. The van der Waals surface area contributed by atoms with E-state index in [1.54, 1.807) is 6.92 Å². The van der Waals surface area contributed by atoms with E-state index in [0.717, 1.165) is 19.4 Å². The van der Waals surface area contributed by atoms with Crippen LogP contribution in [0.4, 0.5) is 0 Å². The molecule has 0 aliphatic heterocycles. The zero-order valence-electron chi connectivity index (χ0n) is 9.13. The van der Waals surface area contributed by atoms with E-state index in [-0.39, 0.29) is 0 Å². The second-order valence-corrected chi connectivity index (χ2v) is 3.75. The van der Waals surface area contributed by atoms with Gasteiger partial charge in [-0.2, -0.15) is 0 Å². The van der Waals surface area contributed by atoms with Gasteiger partial charge in [-0.05, 0) is 33.4 Å². The Morgan fingerprint density at radius 2 is 1.92 bits per heavy atom. The van der Waals surface area contributed by atoms with Crippen LogP contribution in [0.3, 0.4) is 0 Å². The monoisotopic (exact) mass is 187 g/mol. The first kappa shape index (κ1) is 12.4. The van der Waals surface area contributed by atoms with Gasteiger partial charge in [-0.15, -0.1) is 0 Å². The van der Waals surface area contributed by atoms with Crippen molar-refractivity contribution in [3.05, 3.63) is 0 Å². The molecule has 0 aromatic heterocycles. The minimum atomic E-state index is -0.717. The summed E-state index contributed by atoms with van der Waals surface area (Å²) in [5, 5.41) is 9.12. The van der Waals surface area contributed by atoms with Crippen LogP contribution < -0.4 is 0 Å². The highest BCUT2D eigenvalue weighted by molar-refractivity contribution is 5.78. The standard InChI is InChI=1S/C10H21NO2/c1-5-7-10(3,9(12)13)11(4)8-6-2/h5-8H2,1-4H3,(H,12,13). The van der Waals surface area contributed by atoms with Gasteiger partial charge in [0.2, 0.25) is 0 Å². The molecule has 1 N–H and O–H groups in total. The van der Waals surface area contributed by atoms with Crippen LogP contribution >= 0.6 is 0 Å². The SMILES string of the molecule is CCCN(C)C(C)(CCC)C(=O)O. The fraction of sp³-hybridized carbons (Fsp3) is 0.900. The summed E-state index contributed by atoms with van der Waals surface area (Å²) in [6.07, 6.45) is 2.60. The molecule has 0 aliphatic carbocycles. The van der Waals surface area contributed by atoms with Crippen molar-refractivity contribution in [2.45, 2.75) is 45.6 Å². The zero-order valence-corrected chi connectivity index (χ0v) is 9.13. The van der Waals surface area contributed by atoms with Gasteiger partial charge in [-0.3, -0.25) is 9.69 Å². The summed E-state index contributed by atoms with van der Waals surface area (Å²) in [5.74, 6) is -0.717. The van der Waals surface area contributed by atoms with Gasteiger partial charge in [-0.25, -0.2) is 0 Å². The van der Waals surface area contributed by atoms with E-state index in [0.29, 0.717) is 6.42 Å². The summed E-state index contributed by atoms with van der Waals surface area (Å²) in [6.45, 7) is 6.71. The molecular formula is C10H21NO2. The van der Waals surface area contributed by atoms with Crippen LogP contribution in [0.1, 0.15) is 40.0 Å². The van der Waals surface area contributed by atoms with Crippen molar-refractivity contribution >= 4 is 5.97 Å². The lowest BCUT2D eigenvalue weighted by Crippen LogP contribution is -2.50. The summed E-state index contributed by atoms with van der Waals surface area (Å²) in [6, 6.07) is 0. The Kier molecular flexibility index (Phi) is 4.99. The largest absolute Gasteiger partial charge is 0.480 e. The normalized spacial score (nSPS) is 15.8. The summed E-state index contributed by atoms with van der Waals surface area (Å²) < 4.78 is 0. The number of carboxylic acid groups (broad SMARTS) is 1. The fourth-order valence-corrected chi connectivity index (χ4v) is 1.53. The topological polar surface area (TPSA) is 40.5 Å². The molecule has 0 amide bonds. The van der Waals surface area contributed by atoms with Gasteiger partial charge in [0, 0.05) is 0 Å². The second-order valence-electron chi connectivity index (χ2n) is 3.75. The van der Waals surface area contributed by atoms with Crippen molar-refractivity contribution < 1.29 is 9.90 Å². The third-order valence-electron chi connectivity index (χ3n) is 2.60. The Labute approximate surface area is 80.7 Å². The van der Waals surface area contributed by atoms with Crippen LogP contribution in [0.2, 0.25) is 0 Å². The number of carbonyl (C=O) groups is 1. The number of rotatable bonds is 6. The van der Waals surface area contributed by atoms with Crippen molar-refractivity contribution in [1.29, 1.82) is 0 Å². The minimum absolute atomic E-state index is 0.690. The lowest BCUT2D eigenvalue weighted by atomic mass is 9.94. The maximum absolute atomic E-state index is 11.1. The Morgan fingerprint density at radius 1 is 1.38 bits per heavy atom. The summed E-state index contributed by atoms with van der Waals surface area (Å²) in [5.41, 5.74) is -0.690. The Morgan fingerprint density at radius 3 is 2.23 bits per heavy atom. The van der Waals surface area contributed by atoms with E-state index >= 15 is 0 Å². The average Bonchev–Trinajstić information content (AvgIpc) is 2.04. The van der Waals surface area contributed by atoms with Crippen LogP contribution in [0.15, 0.2) is 0 Å². The Hall–Kier alpha value is -0.570. The van der Waals surface area contributed by atoms with E-state index in [9.17, 15) is 4.79 Å². The lowest BCUT2D eigenvalue weighted by Gasteiger charge is -2.34. The minimum Gasteiger partial charge on any atom is -0.480 e. The summed E-state index contributed by atoms with van der Waals surface area (Å²) in [4.78, 5) is 13.0. The van der Waals surface area contributed by atoms with Gasteiger partial charge in [-0.1, -0.05) is 20.3 Å². The molecule has 0 bridgehead atoms. The van der Waals surface area contributed by atoms with Gasteiger partial charge in [0.05, 0.1) is 0 Å². The van der Waals surface area contributed by atoms with Gasteiger partial charge in [0.25, 0.3) is 0 Å². The first-order valence-corrected chi connectivity index (χ1v) is 4.93. The first-order valence-electron chi connectivity index (χ1n) is 4.93. The number of hydrogen-bond donors (Lipinski definition) is 1. The molecule has 0 saturated carbocycles. The van der Waals surface area contributed by atoms with Gasteiger partial charge >= 0.3 is 5.97 Å². The predicted molar refractivity (Wildman–Crippen MR) is 53.9 cm³/mol. The van der Waals surface area contributed by atoms with E-state index in [1.807, 2.05) is 18.9 Å². The fourth-order valence-electron chi connectivity index (χ4n) is 1.53. The van der Waals surface area contributed by atoms with Crippen LogP contribution in [-0.4, -0.2) is 35.1 Å². The molecule has 1 unspecified atom stereocenters. The van der Waals surface area contributed by atoms with E-state index in [4.69, 9.17) is 5.11 Å². The zero-order chi connectivity index (χ0) is 10.5. The molecule has 0 fully saturated rings. The van der Waals surface area contributed by atoms with E-state index < -0.39 is 11.5 Å². The molecule has 0 saturated heterocycles. The smallest absolute Gasteiger partial charge is 0.323 e. The molecular weight excluding hydrogens is 166 g/mol. The van der Waals surface area contributed by atoms with E-state index in [2.05, 4.69) is 6.92 Å². The number of aliphatic carboxylic acids is 1. The van der Waals surface area contributed by atoms with Crippen molar-refractivity contribution in [3.63, 3.8) is 0 Å². The molecule has 0 rings (SSSR count). The number of likely N-dealkylation sites (N-methyl/N-ethyl adjacent to an activating group) is 1. The molecule has 13 heavy (non-hydrogen) atoms. The number of nitrogens with zero attached hydrogens (tertiary/aromatic N) is 1. The molecule has 0 aromatic carbocycles. The summed E-state index contributed by atoms with van der Waals surface area (Å²) >= 11 is 0. The van der Waals surface area contributed by atoms with Crippen molar-refractivity contribution in [2.75, 3.05) is 13.6 Å². The summed E-state index contributed by atoms with van der Waals surface area (Å²) in [7, 11) is 1.88. The third kappa shape index (κ3) is 2.99. The van der Waals surface area contributed by atoms with Crippen LogP contribution in [0, 0.1) is 0 Å². The molecule has 0 aromatic rings. The molecule has 1 atom stereocenters.